The molecule has 0 radical (unpaired) electrons. The molecule has 0 amide bonds. The number of rotatable bonds is 4. The maximum Gasteiger partial charge on any atom is 0.102 e. The first kappa shape index (κ1) is 13.6. The number of hydrogen-bond acceptors (Lipinski definition) is 3. The van der Waals surface area contributed by atoms with Gasteiger partial charge in [-0.05, 0) is 33.0 Å². The molecule has 0 aliphatic heterocycles. The fourth-order valence-corrected chi connectivity index (χ4v) is 2.43. The first-order valence-corrected chi connectivity index (χ1v) is 6.30. The highest BCUT2D eigenvalue weighted by Gasteiger charge is 2.18. The number of hydrogen-bond donors (Lipinski definition) is 1. The molecule has 0 aliphatic carbocycles. The molecule has 0 aromatic carbocycles. The molecule has 0 atom stereocenters. The molecule has 1 N–H and O–H groups in total. The number of nitriles is 1. The monoisotopic (exact) mass is 257 g/mol. The third kappa shape index (κ3) is 3.14. The lowest BCUT2D eigenvalue weighted by Crippen LogP contribution is -2.35. The van der Waals surface area contributed by atoms with Crippen LogP contribution in [0.3, 0.4) is 0 Å². The van der Waals surface area contributed by atoms with Crippen LogP contribution in [0.1, 0.15) is 25.0 Å². The molecule has 0 fully saturated rings. The molecule has 0 saturated carbocycles. The quantitative estimate of drug-likeness (QED) is 0.911. The summed E-state index contributed by atoms with van der Waals surface area (Å²) in [6, 6.07) is 8.09. The number of pyridine rings is 1. The van der Waals surface area contributed by atoms with Crippen molar-refractivity contribution in [1.29, 1.82) is 5.26 Å². The lowest BCUT2D eigenvalue weighted by atomic mass is 10.1. The molecule has 0 spiro atoms. The van der Waals surface area contributed by atoms with E-state index in [0.717, 1.165) is 11.1 Å². The maximum absolute atomic E-state index is 9.82. The highest BCUT2D eigenvalue weighted by molar-refractivity contribution is 5.65. The molecule has 2 aromatic heterocycles. The third-order valence-electron chi connectivity index (χ3n) is 2.97. The van der Waals surface area contributed by atoms with Gasteiger partial charge in [0.25, 0.3) is 0 Å². The second-order valence-electron chi connectivity index (χ2n) is 5.62. The molecule has 4 nitrogen and oxygen atoms in total. The average Bonchev–Trinajstić information content (AvgIpc) is 2.63. The molecular formula is C15H19N3O. The van der Waals surface area contributed by atoms with E-state index in [9.17, 15) is 10.4 Å². The van der Waals surface area contributed by atoms with Crippen molar-refractivity contribution in [3.63, 3.8) is 0 Å². The minimum absolute atomic E-state index is 0.560. The summed E-state index contributed by atoms with van der Waals surface area (Å²) in [6.07, 6.45) is 3.92. The summed E-state index contributed by atoms with van der Waals surface area (Å²) in [5, 5.41) is 19.1. The lowest BCUT2D eigenvalue weighted by Gasteiger charge is -2.25. The summed E-state index contributed by atoms with van der Waals surface area (Å²) in [7, 11) is 1.95. The van der Waals surface area contributed by atoms with E-state index >= 15 is 0 Å². The fraction of sp³-hybridized carbons (Fsp3) is 0.400. The third-order valence-corrected chi connectivity index (χ3v) is 2.97. The van der Waals surface area contributed by atoms with E-state index in [-0.39, 0.29) is 0 Å². The van der Waals surface area contributed by atoms with Gasteiger partial charge in [-0.2, -0.15) is 5.26 Å². The Morgan fingerprint density at radius 2 is 2.16 bits per heavy atom. The van der Waals surface area contributed by atoms with Gasteiger partial charge >= 0.3 is 0 Å². The van der Waals surface area contributed by atoms with E-state index < -0.39 is 5.60 Å². The predicted octanol–water partition coefficient (Wildman–Crippen LogP) is 2.01. The Kier molecular flexibility index (Phi) is 3.61. The van der Waals surface area contributed by atoms with Gasteiger partial charge in [-0.1, -0.05) is 6.07 Å². The van der Waals surface area contributed by atoms with Crippen molar-refractivity contribution in [2.24, 2.45) is 0 Å². The van der Waals surface area contributed by atoms with Gasteiger partial charge in [0.05, 0.1) is 16.7 Å². The largest absolute Gasteiger partial charge is 0.389 e. The van der Waals surface area contributed by atoms with Crippen LogP contribution >= 0.6 is 0 Å². The Bertz CT molecular complexity index is 616. The molecule has 100 valence electrons. The first-order chi connectivity index (χ1) is 8.90. The van der Waals surface area contributed by atoms with Crippen LogP contribution in [0, 0.1) is 11.3 Å². The van der Waals surface area contributed by atoms with Crippen LogP contribution in [-0.2, 0) is 6.54 Å². The summed E-state index contributed by atoms with van der Waals surface area (Å²) < 4.78 is 1.96. The van der Waals surface area contributed by atoms with Gasteiger partial charge in [-0.15, -0.1) is 0 Å². The molecule has 4 heteroatoms. The SMILES string of the molecule is CN(Cc1cn2ccccc2c1C#N)CC(C)(C)O. The number of likely N-dealkylation sites (N-methyl/N-ethyl adjacent to an activating group) is 1. The minimum atomic E-state index is -0.735. The summed E-state index contributed by atoms with van der Waals surface area (Å²) in [5.74, 6) is 0. The Morgan fingerprint density at radius 3 is 2.79 bits per heavy atom. The maximum atomic E-state index is 9.82. The van der Waals surface area contributed by atoms with Crippen molar-refractivity contribution in [1.82, 2.24) is 9.30 Å². The molecule has 2 heterocycles. The molecule has 0 bridgehead atoms. The van der Waals surface area contributed by atoms with Crippen LogP contribution in [0.2, 0.25) is 0 Å². The van der Waals surface area contributed by atoms with Crippen LogP contribution in [0.4, 0.5) is 0 Å². The van der Waals surface area contributed by atoms with Crippen LogP contribution in [-0.4, -0.2) is 33.6 Å². The van der Waals surface area contributed by atoms with Crippen LogP contribution in [0.15, 0.2) is 30.6 Å². The van der Waals surface area contributed by atoms with Gasteiger partial charge in [0, 0.05) is 31.0 Å². The molecule has 0 unspecified atom stereocenters. The molecule has 2 aromatic rings. The number of aliphatic hydroxyl groups is 1. The molecular weight excluding hydrogens is 238 g/mol. The summed E-state index contributed by atoms with van der Waals surface area (Å²) >= 11 is 0. The Hall–Kier alpha value is -1.83. The van der Waals surface area contributed by atoms with E-state index in [2.05, 4.69) is 6.07 Å². The minimum Gasteiger partial charge on any atom is -0.389 e. The van der Waals surface area contributed by atoms with Crippen molar-refractivity contribution in [2.45, 2.75) is 26.0 Å². The standard InChI is InChI=1S/C15H19N3O/c1-15(2,19)11-17(3)9-12-10-18-7-5-4-6-14(18)13(12)8-16/h4-7,10,19H,9,11H2,1-3H3. The van der Waals surface area contributed by atoms with Crippen LogP contribution in [0.25, 0.3) is 5.52 Å². The predicted molar refractivity (Wildman–Crippen MR) is 74.7 cm³/mol. The van der Waals surface area contributed by atoms with Gasteiger partial charge in [-0.3, -0.25) is 4.90 Å². The van der Waals surface area contributed by atoms with E-state index in [1.165, 1.54) is 0 Å². The Labute approximate surface area is 113 Å². The van der Waals surface area contributed by atoms with Crippen molar-refractivity contribution in [3.8, 4) is 6.07 Å². The van der Waals surface area contributed by atoms with E-state index in [4.69, 9.17) is 0 Å². The number of aromatic nitrogens is 1. The van der Waals surface area contributed by atoms with Gasteiger partial charge in [0.1, 0.15) is 6.07 Å². The fourth-order valence-electron chi connectivity index (χ4n) is 2.43. The van der Waals surface area contributed by atoms with Crippen molar-refractivity contribution >= 4 is 5.52 Å². The highest BCUT2D eigenvalue weighted by atomic mass is 16.3. The second kappa shape index (κ2) is 5.04. The van der Waals surface area contributed by atoms with E-state index in [1.54, 1.807) is 13.8 Å². The van der Waals surface area contributed by atoms with E-state index in [1.807, 2.05) is 46.9 Å². The number of fused-ring (bicyclic) bond motifs is 1. The van der Waals surface area contributed by atoms with Gasteiger partial charge in [-0.25, -0.2) is 0 Å². The molecule has 0 saturated heterocycles. The first-order valence-electron chi connectivity index (χ1n) is 6.30. The smallest absolute Gasteiger partial charge is 0.102 e. The Morgan fingerprint density at radius 1 is 1.42 bits per heavy atom. The van der Waals surface area contributed by atoms with Crippen LogP contribution in [0.5, 0.6) is 0 Å². The van der Waals surface area contributed by atoms with Crippen molar-refractivity contribution in [2.75, 3.05) is 13.6 Å². The zero-order valence-electron chi connectivity index (χ0n) is 11.6. The number of nitrogens with zero attached hydrogens (tertiary/aromatic N) is 3. The normalized spacial score (nSPS) is 12.0. The zero-order valence-corrected chi connectivity index (χ0v) is 11.6. The summed E-state index contributed by atoms with van der Waals surface area (Å²) in [5.41, 5.74) is 1.89. The van der Waals surface area contributed by atoms with Gasteiger partial charge in [0.2, 0.25) is 0 Å². The average molecular weight is 257 g/mol. The summed E-state index contributed by atoms with van der Waals surface area (Å²) in [6.45, 7) is 4.77. The summed E-state index contributed by atoms with van der Waals surface area (Å²) in [4.78, 5) is 2.02. The van der Waals surface area contributed by atoms with Crippen molar-refractivity contribution < 1.29 is 5.11 Å². The molecule has 19 heavy (non-hydrogen) atoms. The highest BCUT2D eigenvalue weighted by Crippen LogP contribution is 2.19. The van der Waals surface area contributed by atoms with Crippen LogP contribution < -0.4 is 0 Å². The van der Waals surface area contributed by atoms with Gasteiger partial charge < -0.3 is 9.51 Å². The lowest BCUT2D eigenvalue weighted by molar-refractivity contribution is 0.0425. The van der Waals surface area contributed by atoms with Gasteiger partial charge in [0.15, 0.2) is 0 Å². The topological polar surface area (TPSA) is 51.7 Å². The van der Waals surface area contributed by atoms with Crippen molar-refractivity contribution in [3.05, 3.63) is 41.7 Å². The second-order valence-corrected chi connectivity index (χ2v) is 5.62. The Balaban J connectivity index is 2.28. The molecule has 2 rings (SSSR count). The molecule has 0 aliphatic rings. The zero-order chi connectivity index (χ0) is 14.0. The van der Waals surface area contributed by atoms with E-state index in [0.29, 0.717) is 18.7 Å².